The van der Waals surface area contributed by atoms with Gasteiger partial charge in [0.05, 0.1) is 16.7 Å². The Labute approximate surface area is 223 Å². The summed E-state index contributed by atoms with van der Waals surface area (Å²) < 4.78 is 81.0. The Hall–Kier alpha value is -2.55. The van der Waals surface area contributed by atoms with E-state index in [1.165, 1.54) is 0 Å². The highest BCUT2D eigenvalue weighted by Crippen LogP contribution is 2.39. The molecule has 3 aromatic rings. The third kappa shape index (κ3) is 6.90. The van der Waals surface area contributed by atoms with Crippen molar-refractivity contribution in [2.75, 3.05) is 32.7 Å². The van der Waals surface area contributed by atoms with Gasteiger partial charge in [-0.1, -0.05) is 54.1 Å². The van der Waals surface area contributed by atoms with Gasteiger partial charge in [-0.3, -0.25) is 4.90 Å². The summed E-state index contributed by atoms with van der Waals surface area (Å²) in [6.45, 7) is 7.78. The Morgan fingerprint density at radius 1 is 0.684 bits per heavy atom. The van der Waals surface area contributed by atoms with Gasteiger partial charge in [0, 0.05) is 37.7 Å². The maximum Gasteiger partial charge on any atom is 0.416 e. The fraction of sp³-hybridized carbons (Fsp3) is 0.345. The lowest BCUT2D eigenvalue weighted by molar-refractivity contribution is -0.143. The van der Waals surface area contributed by atoms with Gasteiger partial charge in [-0.05, 0) is 66.8 Å². The summed E-state index contributed by atoms with van der Waals surface area (Å²) >= 11 is 5.96. The summed E-state index contributed by atoms with van der Waals surface area (Å²) in [5, 5.41) is 0.679. The van der Waals surface area contributed by atoms with E-state index < -0.39 is 29.0 Å². The van der Waals surface area contributed by atoms with Gasteiger partial charge in [0.25, 0.3) is 0 Å². The molecule has 0 amide bonds. The normalized spacial score (nSPS) is 17.4. The highest BCUT2D eigenvalue weighted by Gasteiger charge is 2.40. The van der Waals surface area contributed by atoms with Crippen LogP contribution in [-0.4, -0.2) is 42.5 Å². The average Bonchev–Trinajstić information content (AvgIpc) is 2.88. The fourth-order valence-corrected chi connectivity index (χ4v) is 5.07. The van der Waals surface area contributed by atoms with Gasteiger partial charge in [-0.2, -0.15) is 26.3 Å². The van der Waals surface area contributed by atoms with Gasteiger partial charge in [0.1, 0.15) is 0 Å². The second-order valence-corrected chi connectivity index (χ2v) is 10.1. The van der Waals surface area contributed by atoms with Gasteiger partial charge >= 0.3 is 12.4 Å². The molecule has 203 valence electrons. The summed E-state index contributed by atoms with van der Waals surface area (Å²) in [5.74, 6) is 0. The second kappa shape index (κ2) is 11.3. The van der Waals surface area contributed by atoms with E-state index in [0.717, 1.165) is 36.2 Å². The first-order valence-corrected chi connectivity index (χ1v) is 12.6. The number of piperazine rings is 1. The van der Waals surface area contributed by atoms with E-state index in [1.807, 2.05) is 42.5 Å². The summed E-state index contributed by atoms with van der Waals surface area (Å²) in [7, 11) is 0. The standard InChI is InChI=1S/C29H28ClF6N2/c1-27(23-5-3-2-4-6-23,20-22-17-24(28(31,32)33)19-25(18-22)29(34,35)36)38-15-13-37(14-16-38)12-11-21-7-9-26(30)10-8-21/h2-10,17-19H,1,11-16,20H2. The van der Waals surface area contributed by atoms with Gasteiger partial charge in [0.2, 0.25) is 0 Å². The third-order valence-electron chi connectivity index (χ3n) is 7.06. The van der Waals surface area contributed by atoms with Crippen LogP contribution in [0.25, 0.3) is 0 Å². The lowest BCUT2D eigenvalue weighted by atomic mass is 9.82. The van der Waals surface area contributed by atoms with Gasteiger partial charge in [0.15, 0.2) is 0 Å². The fourth-order valence-electron chi connectivity index (χ4n) is 4.94. The van der Waals surface area contributed by atoms with E-state index in [-0.39, 0.29) is 18.1 Å². The van der Waals surface area contributed by atoms with Crippen molar-refractivity contribution in [2.24, 2.45) is 0 Å². The molecule has 3 aromatic carbocycles. The number of rotatable bonds is 7. The van der Waals surface area contributed by atoms with Crippen molar-refractivity contribution in [3.05, 3.63) is 113 Å². The van der Waals surface area contributed by atoms with Crippen molar-refractivity contribution >= 4 is 11.6 Å². The molecule has 0 aliphatic carbocycles. The van der Waals surface area contributed by atoms with Gasteiger partial charge < -0.3 is 4.90 Å². The molecule has 1 atom stereocenters. The largest absolute Gasteiger partial charge is 0.416 e. The van der Waals surface area contributed by atoms with Crippen molar-refractivity contribution in [2.45, 2.75) is 30.7 Å². The number of halogens is 7. The maximum absolute atomic E-state index is 13.5. The molecular weight excluding hydrogens is 526 g/mol. The average molecular weight is 554 g/mol. The van der Waals surface area contributed by atoms with Crippen LogP contribution in [-0.2, 0) is 30.7 Å². The van der Waals surface area contributed by atoms with Crippen molar-refractivity contribution < 1.29 is 26.3 Å². The molecule has 0 saturated carbocycles. The quantitative estimate of drug-likeness (QED) is 0.279. The van der Waals surface area contributed by atoms with E-state index in [0.29, 0.717) is 31.2 Å². The number of hydrogen-bond acceptors (Lipinski definition) is 2. The van der Waals surface area contributed by atoms with E-state index in [4.69, 9.17) is 11.6 Å². The van der Waals surface area contributed by atoms with Crippen LogP contribution in [0.2, 0.25) is 5.02 Å². The Morgan fingerprint density at radius 2 is 1.24 bits per heavy atom. The van der Waals surface area contributed by atoms with Crippen molar-refractivity contribution in [1.29, 1.82) is 0 Å². The van der Waals surface area contributed by atoms with Crippen molar-refractivity contribution in [1.82, 2.24) is 9.80 Å². The zero-order valence-corrected chi connectivity index (χ0v) is 21.4. The van der Waals surface area contributed by atoms with E-state index >= 15 is 0 Å². The van der Waals surface area contributed by atoms with E-state index in [9.17, 15) is 26.3 Å². The minimum atomic E-state index is -4.90. The predicted octanol–water partition coefficient (Wildman–Crippen LogP) is 7.51. The molecular formula is C29H28ClF6N2. The third-order valence-corrected chi connectivity index (χ3v) is 7.31. The lowest BCUT2D eigenvalue weighted by Gasteiger charge is -2.46. The molecule has 4 rings (SSSR count). The van der Waals surface area contributed by atoms with Gasteiger partial charge in [-0.25, -0.2) is 0 Å². The highest BCUT2D eigenvalue weighted by atomic mass is 35.5. The van der Waals surface area contributed by atoms with Crippen LogP contribution < -0.4 is 0 Å². The first-order chi connectivity index (χ1) is 17.8. The number of alkyl halides is 6. The SMILES string of the molecule is [CH2]C(Cc1cc(C(F)(F)F)cc(C(F)(F)F)c1)(c1ccccc1)N1CCN(CCc2ccc(Cl)cc2)CC1. The Kier molecular flexibility index (Phi) is 8.45. The molecule has 1 aliphatic rings. The smallest absolute Gasteiger partial charge is 0.300 e. The molecule has 2 nitrogen and oxygen atoms in total. The van der Waals surface area contributed by atoms with E-state index in [1.54, 1.807) is 12.1 Å². The maximum atomic E-state index is 13.5. The molecule has 1 aliphatic heterocycles. The molecule has 0 spiro atoms. The molecule has 1 saturated heterocycles. The molecule has 1 radical (unpaired) electrons. The number of benzene rings is 3. The van der Waals surface area contributed by atoms with Crippen LogP contribution in [0, 0.1) is 6.92 Å². The van der Waals surface area contributed by atoms with Gasteiger partial charge in [-0.15, -0.1) is 0 Å². The van der Waals surface area contributed by atoms with Crippen LogP contribution in [0.4, 0.5) is 26.3 Å². The predicted molar refractivity (Wildman–Crippen MR) is 137 cm³/mol. The molecule has 0 N–H and O–H groups in total. The monoisotopic (exact) mass is 553 g/mol. The summed E-state index contributed by atoms with van der Waals surface area (Å²) in [4.78, 5) is 4.36. The zero-order valence-electron chi connectivity index (χ0n) is 20.6. The minimum absolute atomic E-state index is 0.0591. The summed E-state index contributed by atoms with van der Waals surface area (Å²) in [5.41, 5.74) is -1.83. The molecule has 38 heavy (non-hydrogen) atoms. The van der Waals surface area contributed by atoms with Crippen molar-refractivity contribution in [3.8, 4) is 0 Å². The Balaban J connectivity index is 1.56. The number of nitrogens with zero attached hydrogens (tertiary/aromatic N) is 2. The molecule has 0 aromatic heterocycles. The molecule has 1 heterocycles. The topological polar surface area (TPSA) is 6.48 Å². The number of hydrogen-bond donors (Lipinski definition) is 0. The highest BCUT2D eigenvalue weighted by molar-refractivity contribution is 6.30. The Bertz CT molecular complexity index is 1170. The molecule has 9 heteroatoms. The zero-order chi connectivity index (χ0) is 27.6. The Morgan fingerprint density at radius 3 is 1.76 bits per heavy atom. The molecule has 0 bridgehead atoms. The molecule has 1 fully saturated rings. The van der Waals surface area contributed by atoms with Crippen LogP contribution in [0.5, 0.6) is 0 Å². The minimum Gasteiger partial charge on any atom is -0.300 e. The first kappa shape index (κ1) is 28.5. The van der Waals surface area contributed by atoms with Crippen molar-refractivity contribution in [3.63, 3.8) is 0 Å². The van der Waals surface area contributed by atoms with Crippen LogP contribution >= 0.6 is 11.6 Å². The lowest BCUT2D eigenvalue weighted by Crippen LogP contribution is -2.55. The van der Waals surface area contributed by atoms with Crippen LogP contribution in [0.3, 0.4) is 0 Å². The van der Waals surface area contributed by atoms with Crippen LogP contribution in [0.15, 0.2) is 72.8 Å². The summed E-state index contributed by atoms with van der Waals surface area (Å²) in [6.07, 6.45) is -9.06. The second-order valence-electron chi connectivity index (χ2n) is 9.69. The van der Waals surface area contributed by atoms with E-state index in [2.05, 4.69) is 16.7 Å². The summed E-state index contributed by atoms with van der Waals surface area (Å²) in [6, 6.07) is 18.5. The van der Waals surface area contributed by atoms with Crippen LogP contribution in [0.1, 0.15) is 27.8 Å². The molecule has 1 unspecified atom stereocenters. The first-order valence-electron chi connectivity index (χ1n) is 12.3.